The summed E-state index contributed by atoms with van der Waals surface area (Å²) >= 11 is 0. The number of Topliss-reactive ketones (excluding diaryl/α,β-unsaturated/α-hetero) is 1. The van der Waals surface area contributed by atoms with E-state index in [0.717, 1.165) is 6.42 Å². The fraction of sp³-hybridized carbons (Fsp3) is 0.571. The van der Waals surface area contributed by atoms with Crippen LogP contribution >= 0.6 is 0 Å². The lowest BCUT2D eigenvalue weighted by atomic mass is 10.1. The fourth-order valence-electron chi connectivity index (χ4n) is 0.508. The van der Waals surface area contributed by atoms with E-state index in [1.54, 1.807) is 13.3 Å². The maximum absolute atomic E-state index is 10.6. The number of carbonyl (C=O) groups is 1. The summed E-state index contributed by atoms with van der Waals surface area (Å²) in [6, 6.07) is 0. The Balaban J connectivity index is 3.60. The van der Waals surface area contributed by atoms with Crippen molar-refractivity contribution in [3.05, 3.63) is 6.42 Å². The molecule has 0 rings (SSSR count). The summed E-state index contributed by atoms with van der Waals surface area (Å²) in [6.07, 6.45) is 2.84. The molecule has 51 valence electrons. The first-order valence-electron chi connectivity index (χ1n) is 3.17. The van der Waals surface area contributed by atoms with Gasteiger partial charge in [-0.05, 0) is 6.42 Å². The molecule has 0 aromatic rings. The molecule has 0 unspecified atom stereocenters. The van der Waals surface area contributed by atoms with Crippen molar-refractivity contribution in [2.24, 2.45) is 0 Å². The highest BCUT2D eigenvalue weighted by molar-refractivity contribution is 6.41. The van der Waals surface area contributed by atoms with Crippen molar-refractivity contribution in [2.45, 2.75) is 26.7 Å². The normalized spacial score (nSPS) is 9.11. The van der Waals surface area contributed by atoms with Gasteiger partial charge in [-0.15, -0.1) is 0 Å². The minimum Gasteiger partial charge on any atom is -0.301 e. The smallest absolute Gasteiger partial charge is 0.176 e. The number of hydrogen-bond acceptors (Lipinski definition) is 2. The monoisotopic (exact) mass is 126 g/mol. The van der Waals surface area contributed by atoms with Crippen LogP contribution in [0.1, 0.15) is 26.7 Å². The fourth-order valence-corrected chi connectivity index (χ4v) is 0.508. The lowest BCUT2D eigenvalue weighted by molar-refractivity contribution is -0.112. The number of rotatable bonds is 4. The van der Waals surface area contributed by atoms with Gasteiger partial charge in [0.15, 0.2) is 5.78 Å². The van der Waals surface area contributed by atoms with E-state index in [2.05, 4.69) is 0 Å². The molecule has 0 heterocycles. The summed E-state index contributed by atoms with van der Waals surface area (Å²) in [6.45, 7) is 3.68. The van der Waals surface area contributed by atoms with Crippen molar-refractivity contribution in [3.63, 3.8) is 0 Å². The van der Waals surface area contributed by atoms with E-state index in [-0.39, 0.29) is 11.5 Å². The first-order chi connectivity index (χ1) is 4.22. The van der Waals surface area contributed by atoms with E-state index in [9.17, 15) is 4.79 Å². The molecule has 0 bridgehead atoms. The molecule has 0 fully saturated rings. The largest absolute Gasteiger partial charge is 0.301 e. The molecular weight excluding hydrogens is 114 g/mol. The van der Waals surface area contributed by atoms with Crippen LogP contribution in [0.15, 0.2) is 0 Å². The summed E-state index contributed by atoms with van der Waals surface area (Å²) in [5.74, 6) is -0.0724. The third-order valence-electron chi connectivity index (χ3n) is 1.03. The second-order valence-electron chi connectivity index (χ2n) is 1.80. The lowest BCUT2D eigenvalue weighted by Crippen LogP contribution is -2.10. The standard InChI is InChI=1S/C7H12NO/c1-3-5-6(8)7(9)4-2/h5,8H,3-4H2,1-2H3. The highest BCUT2D eigenvalue weighted by atomic mass is 16.1. The predicted octanol–water partition coefficient (Wildman–Crippen LogP) is 1.60. The highest BCUT2D eigenvalue weighted by Gasteiger charge is 2.03. The average molecular weight is 126 g/mol. The highest BCUT2D eigenvalue weighted by Crippen LogP contribution is 1.91. The van der Waals surface area contributed by atoms with E-state index in [0.29, 0.717) is 6.42 Å². The molecular formula is C7H12NO. The zero-order valence-electron chi connectivity index (χ0n) is 5.90. The van der Waals surface area contributed by atoms with Crippen LogP contribution in [0.25, 0.3) is 0 Å². The van der Waals surface area contributed by atoms with Crippen LogP contribution in [-0.4, -0.2) is 11.5 Å². The Kier molecular flexibility index (Phi) is 3.93. The summed E-state index contributed by atoms with van der Waals surface area (Å²) in [4.78, 5) is 10.6. The van der Waals surface area contributed by atoms with Gasteiger partial charge in [0.2, 0.25) is 0 Å². The van der Waals surface area contributed by atoms with E-state index in [1.165, 1.54) is 0 Å². The lowest BCUT2D eigenvalue weighted by Gasteiger charge is -1.94. The molecule has 0 amide bonds. The first-order valence-corrected chi connectivity index (χ1v) is 3.17. The predicted molar refractivity (Wildman–Crippen MR) is 37.6 cm³/mol. The van der Waals surface area contributed by atoms with Crippen LogP contribution in [0.5, 0.6) is 0 Å². The van der Waals surface area contributed by atoms with Gasteiger partial charge in [-0.3, -0.25) is 4.79 Å². The second kappa shape index (κ2) is 4.24. The molecule has 0 atom stereocenters. The molecule has 0 saturated carbocycles. The summed E-state index contributed by atoms with van der Waals surface area (Å²) in [7, 11) is 0. The first kappa shape index (κ1) is 8.34. The van der Waals surface area contributed by atoms with Gasteiger partial charge in [-0.2, -0.15) is 0 Å². The van der Waals surface area contributed by atoms with Crippen LogP contribution in [0.3, 0.4) is 0 Å². The van der Waals surface area contributed by atoms with E-state index < -0.39 is 0 Å². The topological polar surface area (TPSA) is 40.9 Å². The molecule has 9 heavy (non-hydrogen) atoms. The van der Waals surface area contributed by atoms with Gasteiger partial charge in [-0.25, -0.2) is 0 Å². The summed E-state index contributed by atoms with van der Waals surface area (Å²) in [5.41, 5.74) is 0.153. The molecule has 0 aromatic carbocycles. The van der Waals surface area contributed by atoms with Crippen molar-refractivity contribution in [1.82, 2.24) is 0 Å². The third-order valence-corrected chi connectivity index (χ3v) is 1.03. The van der Waals surface area contributed by atoms with Gasteiger partial charge >= 0.3 is 0 Å². The van der Waals surface area contributed by atoms with E-state index >= 15 is 0 Å². The molecule has 0 aromatic heterocycles. The Hall–Kier alpha value is -0.660. The molecule has 0 aliphatic rings. The number of carbonyl (C=O) groups excluding carboxylic acids is 1. The minimum atomic E-state index is -0.0724. The van der Waals surface area contributed by atoms with Crippen molar-refractivity contribution in [1.29, 1.82) is 5.41 Å². The minimum absolute atomic E-state index is 0.0724. The Morgan fingerprint density at radius 3 is 2.44 bits per heavy atom. The van der Waals surface area contributed by atoms with Gasteiger partial charge in [0.05, 0.1) is 5.71 Å². The van der Waals surface area contributed by atoms with Gasteiger partial charge in [-0.1, -0.05) is 13.8 Å². The maximum Gasteiger partial charge on any atom is 0.176 e. The zero-order valence-corrected chi connectivity index (χ0v) is 5.90. The average Bonchev–Trinajstić information content (AvgIpc) is 1.87. The van der Waals surface area contributed by atoms with Gasteiger partial charge in [0.25, 0.3) is 0 Å². The SMILES string of the molecule is CC[CH]C(=N)C(=O)CC. The van der Waals surface area contributed by atoms with Crippen LogP contribution in [0.2, 0.25) is 0 Å². The van der Waals surface area contributed by atoms with Crippen molar-refractivity contribution in [2.75, 3.05) is 0 Å². The van der Waals surface area contributed by atoms with Gasteiger partial charge in [0, 0.05) is 12.8 Å². The zero-order chi connectivity index (χ0) is 7.28. The van der Waals surface area contributed by atoms with Crippen molar-refractivity contribution < 1.29 is 4.79 Å². The van der Waals surface area contributed by atoms with Gasteiger partial charge in [0.1, 0.15) is 0 Å². The summed E-state index contributed by atoms with van der Waals surface area (Å²) < 4.78 is 0. The quantitative estimate of drug-likeness (QED) is 0.571. The third kappa shape index (κ3) is 3.01. The Bertz CT molecular complexity index is 118. The molecule has 0 saturated heterocycles. The number of nitrogens with one attached hydrogen (secondary N) is 1. The Labute approximate surface area is 55.8 Å². The Morgan fingerprint density at radius 1 is 1.56 bits per heavy atom. The molecule has 2 nitrogen and oxygen atoms in total. The van der Waals surface area contributed by atoms with Crippen LogP contribution in [0, 0.1) is 11.8 Å². The van der Waals surface area contributed by atoms with Crippen LogP contribution in [-0.2, 0) is 4.79 Å². The molecule has 1 N–H and O–H groups in total. The number of hydrogen-bond donors (Lipinski definition) is 1. The Morgan fingerprint density at radius 2 is 2.11 bits per heavy atom. The number of ketones is 1. The van der Waals surface area contributed by atoms with Gasteiger partial charge < -0.3 is 5.41 Å². The van der Waals surface area contributed by atoms with Crippen LogP contribution < -0.4 is 0 Å². The second-order valence-corrected chi connectivity index (χ2v) is 1.80. The van der Waals surface area contributed by atoms with E-state index in [1.807, 2.05) is 6.92 Å². The molecule has 2 heteroatoms. The molecule has 0 aliphatic heterocycles. The molecule has 1 radical (unpaired) electrons. The van der Waals surface area contributed by atoms with Crippen LogP contribution in [0.4, 0.5) is 0 Å². The summed E-state index contributed by atoms with van der Waals surface area (Å²) in [5, 5.41) is 7.09. The van der Waals surface area contributed by atoms with Crippen molar-refractivity contribution in [3.8, 4) is 0 Å². The maximum atomic E-state index is 10.6. The van der Waals surface area contributed by atoms with Crippen molar-refractivity contribution >= 4 is 11.5 Å². The van der Waals surface area contributed by atoms with E-state index in [4.69, 9.17) is 5.41 Å². The molecule has 0 spiro atoms. The molecule has 0 aliphatic carbocycles.